The number of aromatic carboxylic acids is 1. The van der Waals surface area contributed by atoms with Crippen molar-refractivity contribution in [2.45, 2.75) is 33.1 Å². The Balaban J connectivity index is 1.57. The van der Waals surface area contributed by atoms with Gasteiger partial charge in [-0.05, 0) is 30.7 Å². The summed E-state index contributed by atoms with van der Waals surface area (Å²) in [5, 5.41) is 8.93. The lowest BCUT2D eigenvalue weighted by molar-refractivity contribution is 0.0624. The fraction of sp³-hybridized carbons (Fsp3) is 0.409. The summed E-state index contributed by atoms with van der Waals surface area (Å²) < 4.78 is 5.08. The zero-order chi connectivity index (χ0) is 20.3. The van der Waals surface area contributed by atoms with Gasteiger partial charge in [0.25, 0.3) is 5.91 Å². The molecule has 1 amide bonds. The molecule has 0 bridgehead atoms. The molecule has 0 saturated carbocycles. The zero-order valence-electron chi connectivity index (χ0n) is 16.2. The number of Topliss-reactive ketones (excluding diaryl/α,β-unsaturated/α-hetero) is 1. The Morgan fingerprint density at radius 2 is 1.75 bits per heavy atom. The van der Waals surface area contributed by atoms with Crippen LogP contribution in [-0.2, 0) is 6.42 Å². The van der Waals surface area contributed by atoms with Gasteiger partial charge >= 0.3 is 5.97 Å². The Labute approximate surface area is 164 Å². The van der Waals surface area contributed by atoms with Crippen LogP contribution in [0, 0.1) is 11.8 Å². The maximum Gasteiger partial charge on any atom is 0.338 e. The lowest BCUT2D eigenvalue weighted by Gasteiger charge is -2.30. The second-order valence-electron chi connectivity index (χ2n) is 7.73. The average molecular weight is 383 g/mol. The molecule has 1 aliphatic heterocycles. The second kappa shape index (κ2) is 8.42. The van der Waals surface area contributed by atoms with Gasteiger partial charge in [0.05, 0.1) is 5.56 Å². The van der Waals surface area contributed by atoms with Gasteiger partial charge in [0, 0.05) is 30.6 Å². The van der Waals surface area contributed by atoms with Gasteiger partial charge in [-0.3, -0.25) is 9.59 Å². The molecule has 2 aromatic rings. The van der Waals surface area contributed by atoms with Crippen molar-refractivity contribution in [3.05, 3.63) is 59.0 Å². The Morgan fingerprint density at radius 3 is 2.29 bits per heavy atom. The molecule has 3 rings (SSSR count). The summed E-state index contributed by atoms with van der Waals surface area (Å²) in [5.41, 5.74) is 1.90. The molecule has 1 aromatic carbocycles. The van der Waals surface area contributed by atoms with E-state index in [1.807, 2.05) is 24.3 Å². The van der Waals surface area contributed by atoms with Crippen molar-refractivity contribution in [3.63, 3.8) is 0 Å². The average Bonchev–Trinajstić information content (AvgIpc) is 3.18. The molecule has 0 radical (unpaired) electrons. The zero-order valence-corrected chi connectivity index (χ0v) is 16.2. The molecule has 0 atom stereocenters. The maximum atomic E-state index is 12.8. The third-order valence-corrected chi connectivity index (χ3v) is 5.09. The number of ketones is 1. The van der Waals surface area contributed by atoms with E-state index in [-0.39, 0.29) is 28.9 Å². The smallest absolute Gasteiger partial charge is 0.338 e. The van der Waals surface area contributed by atoms with Crippen LogP contribution in [0.3, 0.4) is 0 Å². The predicted molar refractivity (Wildman–Crippen MR) is 104 cm³/mol. The monoisotopic (exact) mass is 383 g/mol. The number of furan rings is 1. The van der Waals surface area contributed by atoms with Crippen molar-refractivity contribution < 1.29 is 23.9 Å². The number of carboxylic acid groups (broad SMARTS) is 1. The number of carbonyl (C=O) groups is 3. The summed E-state index contributed by atoms with van der Waals surface area (Å²) in [6, 6.07) is 9.06. The van der Waals surface area contributed by atoms with Crippen LogP contribution in [0.2, 0.25) is 0 Å². The molecule has 6 heteroatoms. The van der Waals surface area contributed by atoms with E-state index in [2.05, 4.69) is 13.8 Å². The Bertz CT molecular complexity index is 857. The van der Waals surface area contributed by atoms with Crippen molar-refractivity contribution in [2.75, 3.05) is 13.1 Å². The molecule has 28 heavy (non-hydrogen) atoms. The molecule has 6 nitrogen and oxygen atoms in total. The van der Waals surface area contributed by atoms with Crippen molar-refractivity contribution in [2.24, 2.45) is 11.8 Å². The van der Waals surface area contributed by atoms with Gasteiger partial charge in [-0.2, -0.15) is 0 Å². The van der Waals surface area contributed by atoms with Gasteiger partial charge in [0.2, 0.25) is 0 Å². The van der Waals surface area contributed by atoms with Crippen LogP contribution in [-0.4, -0.2) is 40.8 Å². The largest absolute Gasteiger partial charge is 0.478 e. The lowest BCUT2D eigenvalue weighted by Crippen LogP contribution is -2.40. The molecule has 148 valence electrons. The molecule has 1 fully saturated rings. The van der Waals surface area contributed by atoms with Crippen LogP contribution < -0.4 is 0 Å². The number of likely N-dealkylation sites (tertiary alicyclic amines) is 1. The molecule has 1 aliphatic rings. The number of hydrogen-bond donors (Lipinski definition) is 1. The molecule has 0 unspecified atom stereocenters. The van der Waals surface area contributed by atoms with Crippen LogP contribution in [0.15, 0.2) is 41.0 Å². The summed E-state index contributed by atoms with van der Waals surface area (Å²) in [7, 11) is 0. The highest BCUT2D eigenvalue weighted by atomic mass is 16.4. The lowest BCUT2D eigenvalue weighted by atomic mass is 9.88. The van der Waals surface area contributed by atoms with Gasteiger partial charge in [0.15, 0.2) is 11.5 Å². The Morgan fingerprint density at radius 1 is 1.11 bits per heavy atom. The number of amides is 1. The first-order valence-electron chi connectivity index (χ1n) is 9.59. The van der Waals surface area contributed by atoms with Crippen LogP contribution >= 0.6 is 0 Å². The SMILES string of the molecule is CC(C)Cc1ccc(C(=O)C2CCN(C(=O)c3cc(C(=O)O)co3)CC2)cc1. The predicted octanol–water partition coefficient (Wildman–Crippen LogP) is 3.91. The van der Waals surface area contributed by atoms with E-state index < -0.39 is 5.97 Å². The third kappa shape index (κ3) is 4.50. The van der Waals surface area contributed by atoms with Crippen molar-refractivity contribution >= 4 is 17.7 Å². The molecular formula is C22H25NO5. The van der Waals surface area contributed by atoms with Crippen LogP contribution in [0.25, 0.3) is 0 Å². The number of carbonyl (C=O) groups excluding carboxylic acids is 2. The van der Waals surface area contributed by atoms with Gasteiger partial charge in [0.1, 0.15) is 6.26 Å². The quantitative estimate of drug-likeness (QED) is 0.764. The molecule has 1 N–H and O–H groups in total. The van der Waals surface area contributed by atoms with E-state index >= 15 is 0 Å². The van der Waals surface area contributed by atoms with Gasteiger partial charge < -0.3 is 14.4 Å². The number of piperidine rings is 1. The normalized spacial score (nSPS) is 15.0. The standard InChI is InChI=1S/C22H25NO5/c1-14(2)11-15-3-5-16(6-4-15)20(24)17-7-9-23(10-8-17)21(25)19-12-18(13-28-19)22(26)27/h3-6,12-14,17H,7-11H2,1-2H3,(H,26,27). The van der Waals surface area contributed by atoms with Crippen LogP contribution in [0.4, 0.5) is 0 Å². The van der Waals surface area contributed by atoms with Crippen LogP contribution in [0.5, 0.6) is 0 Å². The van der Waals surface area contributed by atoms with E-state index in [1.54, 1.807) is 4.90 Å². The first-order chi connectivity index (χ1) is 13.3. The van der Waals surface area contributed by atoms with E-state index in [0.717, 1.165) is 18.2 Å². The molecule has 0 aliphatic carbocycles. The van der Waals surface area contributed by atoms with Crippen molar-refractivity contribution in [1.82, 2.24) is 4.90 Å². The Kier molecular flexibility index (Phi) is 5.97. The highest BCUT2D eigenvalue weighted by Crippen LogP contribution is 2.24. The summed E-state index contributed by atoms with van der Waals surface area (Å²) in [5.74, 6) is -0.865. The number of benzene rings is 1. The molecule has 0 spiro atoms. The van der Waals surface area contributed by atoms with Gasteiger partial charge in [-0.25, -0.2) is 4.79 Å². The number of rotatable bonds is 6. The molecular weight excluding hydrogens is 358 g/mol. The first-order valence-corrected chi connectivity index (χ1v) is 9.59. The molecule has 2 heterocycles. The second-order valence-corrected chi connectivity index (χ2v) is 7.73. The van der Waals surface area contributed by atoms with E-state index in [1.165, 1.54) is 11.6 Å². The topological polar surface area (TPSA) is 87.8 Å². The summed E-state index contributed by atoms with van der Waals surface area (Å²) in [6.45, 7) is 5.23. The third-order valence-electron chi connectivity index (χ3n) is 5.09. The minimum Gasteiger partial charge on any atom is -0.478 e. The van der Waals surface area contributed by atoms with Crippen LogP contribution in [0.1, 0.15) is 63.5 Å². The van der Waals surface area contributed by atoms with Gasteiger partial charge in [-0.1, -0.05) is 38.1 Å². The number of carboxylic acids is 1. The fourth-order valence-electron chi connectivity index (χ4n) is 3.57. The van der Waals surface area contributed by atoms with Gasteiger partial charge in [-0.15, -0.1) is 0 Å². The number of hydrogen-bond acceptors (Lipinski definition) is 4. The highest BCUT2D eigenvalue weighted by molar-refractivity contribution is 5.98. The minimum atomic E-state index is -1.13. The molecule has 1 saturated heterocycles. The fourth-order valence-corrected chi connectivity index (χ4v) is 3.57. The highest BCUT2D eigenvalue weighted by Gasteiger charge is 2.29. The molecule has 1 aromatic heterocycles. The first kappa shape index (κ1) is 19.9. The Hall–Kier alpha value is -2.89. The van der Waals surface area contributed by atoms with Crippen molar-refractivity contribution in [1.29, 1.82) is 0 Å². The summed E-state index contributed by atoms with van der Waals surface area (Å²) >= 11 is 0. The minimum absolute atomic E-state index is 0.0166. The van der Waals surface area contributed by atoms with Crippen molar-refractivity contribution in [3.8, 4) is 0 Å². The van der Waals surface area contributed by atoms with E-state index in [0.29, 0.717) is 31.8 Å². The summed E-state index contributed by atoms with van der Waals surface area (Å²) in [6.07, 6.45) is 3.23. The summed E-state index contributed by atoms with van der Waals surface area (Å²) in [4.78, 5) is 37.8. The van der Waals surface area contributed by atoms with E-state index in [9.17, 15) is 14.4 Å². The van der Waals surface area contributed by atoms with E-state index in [4.69, 9.17) is 9.52 Å². The number of nitrogens with zero attached hydrogens (tertiary/aromatic N) is 1. The maximum absolute atomic E-state index is 12.8.